The van der Waals surface area contributed by atoms with Crippen molar-refractivity contribution in [1.82, 2.24) is 10.2 Å². The fraction of sp³-hybridized carbons (Fsp3) is 0.375. The molecule has 7 nitrogen and oxygen atoms in total. The summed E-state index contributed by atoms with van der Waals surface area (Å²) in [5, 5.41) is 3.64. The molecule has 0 spiro atoms. The smallest absolute Gasteiger partial charge is 0.243 e. The molecule has 0 aromatic heterocycles. The number of nitrogens with zero attached hydrogens (tertiary/aromatic N) is 2. The predicted octanol–water partition coefficient (Wildman–Crippen LogP) is 5.72. The Morgan fingerprint density at radius 3 is 2.29 bits per heavy atom. The molecule has 0 aliphatic heterocycles. The summed E-state index contributed by atoms with van der Waals surface area (Å²) >= 11 is 6.49. The lowest BCUT2D eigenvalue weighted by Gasteiger charge is -2.33. The molecule has 0 heterocycles. The van der Waals surface area contributed by atoms with Crippen LogP contribution in [0, 0.1) is 5.82 Å². The fourth-order valence-corrected chi connectivity index (χ4v) is 6.53. The Balaban J connectivity index is 1.60. The van der Waals surface area contributed by atoms with E-state index in [1.807, 2.05) is 42.5 Å². The van der Waals surface area contributed by atoms with Gasteiger partial charge < -0.3 is 10.2 Å². The van der Waals surface area contributed by atoms with Gasteiger partial charge in [-0.2, -0.15) is 0 Å². The molecule has 1 aliphatic rings. The average Bonchev–Trinajstić information content (AvgIpc) is 3.47. The first-order valence-electron chi connectivity index (χ1n) is 14.2. The van der Waals surface area contributed by atoms with Crippen molar-refractivity contribution in [2.45, 2.75) is 63.6 Å². The third-order valence-electron chi connectivity index (χ3n) is 7.54. The van der Waals surface area contributed by atoms with Crippen LogP contribution in [0.3, 0.4) is 0 Å². The van der Waals surface area contributed by atoms with Gasteiger partial charge in [-0.05, 0) is 48.6 Å². The molecule has 1 saturated carbocycles. The zero-order valence-corrected chi connectivity index (χ0v) is 25.3. The molecule has 42 heavy (non-hydrogen) atoms. The number of nitrogens with one attached hydrogen (secondary N) is 1. The van der Waals surface area contributed by atoms with Crippen molar-refractivity contribution in [3.63, 3.8) is 0 Å². The number of carbonyl (C=O) groups is 2. The summed E-state index contributed by atoms with van der Waals surface area (Å²) in [7, 11) is -3.81. The van der Waals surface area contributed by atoms with Gasteiger partial charge in [0, 0.05) is 37.0 Å². The van der Waals surface area contributed by atoms with Gasteiger partial charge in [-0.25, -0.2) is 12.8 Å². The van der Waals surface area contributed by atoms with E-state index in [0.717, 1.165) is 41.8 Å². The summed E-state index contributed by atoms with van der Waals surface area (Å²) in [5.41, 5.74) is 1.53. The Morgan fingerprint density at radius 1 is 0.976 bits per heavy atom. The zero-order valence-electron chi connectivity index (χ0n) is 23.7. The van der Waals surface area contributed by atoms with Crippen molar-refractivity contribution in [3.8, 4) is 0 Å². The Hall–Kier alpha value is -3.43. The second kappa shape index (κ2) is 14.6. The number of benzene rings is 3. The monoisotopic (exact) mass is 613 g/mol. The molecular weight excluding hydrogens is 577 g/mol. The Labute approximate surface area is 252 Å². The molecule has 2 amide bonds. The van der Waals surface area contributed by atoms with Crippen molar-refractivity contribution in [3.05, 3.63) is 101 Å². The van der Waals surface area contributed by atoms with E-state index in [1.165, 1.54) is 18.2 Å². The number of halogens is 2. The van der Waals surface area contributed by atoms with Crippen LogP contribution in [0.2, 0.25) is 5.02 Å². The van der Waals surface area contributed by atoms with Crippen LogP contribution >= 0.6 is 11.6 Å². The van der Waals surface area contributed by atoms with Crippen molar-refractivity contribution in [2.24, 2.45) is 0 Å². The quantitative estimate of drug-likeness (QED) is 0.267. The number of hydrogen-bond donors (Lipinski definition) is 1. The van der Waals surface area contributed by atoms with Gasteiger partial charge in [0.25, 0.3) is 0 Å². The van der Waals surface area contributed by atoms with E-state index in [2.05, 4.69) is 5.32 Å². The molecule has 0 bridgehead atoms. The minimum absolute atomic E-state index is 0.0487. The summed E-state index contributed by atoms with van der Waals surface area (Å²) in [6.07, 6.45) is 5.30. The second-order valence-electron chi connectivity index (χ2n) is 10.7. The van der Waals surface area contributed by atoms with E-state index in [9.17, 15) is 22.4 Å². The van der Waals surface area contributed by atoms with Crippen molar-refractivity contribution in [1.29, 1.82) is 0 Å². The van der Waals surface area contributed by atoms with Crippen LogP contribution in [0.4, 0.5) is 10.1 Å². The number of amides is 2. The summed E-state index contributed by atoms with van der Waals surface area (Å²) in [6, 6.07) is 21.6. The normalized spacial score (nSPS) is 14.4. The van der Waals surface area contributed by atoms with Crippen LogP contribution in [0.25, 0.3) is 0 Å². The maximum Gasteiger partial charge on any atom is 0.243 e. The van der Waals surface area contributed by atoms with Gasteiger partial charge in [0.1, 0.15) is 11.9 Å². The highest BCUT2D eigenvalue weighted by molar-refractivity contribution is 7.92. The topological polar surface area (TPSA) is 86.8 Å². The Morgan fingerprint density at radius 2 is 1.62 bits per heavy atom. The largest absolute Gasteiger partial charge is 0.352 e. The van der Waals surface area contributed by atoms with E-state index in [-0.39, 0.29) is 49.5 Å². The van der Waals surface area contributed by atoms with E-state index >= 15 is 0 Å². The minimum atomic E-state index is -3.81. The van der Waals surface area contributed by atoms with E-state index in [4.69, 9.17) is 11.6 Å². The fourth-order valence-electron chi connectivity index (χ4n) is 5.37. The van der Waals surface area contributed by atoms with E-state index in [0.29, 0.717) is 17.0 Å². The number of para-hydroxylation sites is 1. The number of carbonyl (C=O) groups excluding carboxylic acids is 2. The molecule has 3 aromatic carbocycles. The highest BCUT2D eigenvalue weighted by atomic mass is 35.5. The van der Waals surface area contributed by atoms with Crippen LogP contribution in [0.5, 0.6) is 0 Å². The van der Waals surface area contributed by atoms with Crippen LogP contribution in [-0.2, 0) is 32.6 Å². The van der Waals surface area contributed by atoms with Gasteiger partial charge in [-0.1, -0.05) is 85.1 Å². The maximum atomic E-state index is 14.5. The molecule has 1 aliphatic carbocycles. The SMILES string of the molecule is CS(=O)(=O)N(CCCC(=O)N(Cc1ccccc1Cl)C(Cc1ccccc1)C(=O)NC1CCCC1)c1ccccc1F. The minimum Gasteiger partial charge on any atom is -0.352 e. The molecule has 224 valence electrons. The zero-order chi connectivity index (χ0) is 30.1. The molecule has 1 atom stereocenters. The van der Waals surface area contributed by atoms with Gasteiger partial charge in [-0.15, -0.1) is 0 Å². The summed E-state index contributed by atoms with van der Waals surface area (Å²) in [5.74, 6) is -1.21. The maximum absolute atomic E-state index is 14.5. The molecule has 0 radical (unpaired) electrons. The lowest BCUT2D eigenvalue weighted by atomic mass is 10.0. The van der Waals surface area contributed by atoms with Crippen molar-refractivity contribution >= 4 is 39.1 Å². The van der Waals surface area contributed by atoms with Crippen molar-refractivity contribution < 1.29 is 22.4 Å². The molecule has 10 heteroatoms. The van der Waals surface area contributed by atoms with Crippen LogP contribution in [0.1, 0.15) is 49.7 Å². The predicted molar refractivity (Wildman–Crippen MR) is 164 cm³/mol. The van der Waals surface area contributed by atoms with Gasteiger partial charge in [0.05, 0.1) is 11.9 Å². The standard InChI is InChI=1S/C32H37ClFN3O4S/c1-42(40,41)37(29-19-10-9-18-28(29)34)21-11-20-31(38)36(23-25-14-5-8-17-27(25)33)30(22-24-12-3-2-4-13-24)32(39)35-26-15-6-7-16-26/h2-5,8-10,12-14,17-19,26,30H,6-7,11,15-16,20-23H2,1H3,(H,35,39). The Kier molecular flexibility index (Phi) is 11.0. The molecule has 4 rings (SSSR count). The van der Waals surface area contributed by atoms with Crippen LogP contribution < -0.4 is 9.62 Å². The summed E-state index contributed by atoms with van der Waals surface area (Å²) in [4.78, 5) is 29.3. The second-order valence-corrected chi connectivity index (χ2v) is 13.0. The van der Waals surface area contributed by atoms with E-state index in [1.54, 1.807) is 23.1 Å². The molecule has 1 N–H and O–H groups in total. The third kappa shape index (κ3) is 8.55. The molecule has 3 aromatic rings. The first kappa shape index (κ1) is 31.5. The first-order valence-corrected chi connectivity index (χ1v) is 16.5. The number of rotatable bonds is 13. The molecule has 1 unspecified atom stereocenters. The van der Waals surface area contributed by atoms with Gasteiger partial charge in [0.15, 0.2) is 0 Å². The van der Waals surface area contributed by atoms with Gasteiger partial charge in [-0.3, -0.25) is 13.9 Å². The molecule has 0 saturated heterocycles. The van der Waals surface area contributed by atoms with Crippen molar-refractivity contribution in [2.75, 3.05) is 17.1 Å². The van der Waals surface area contributed by atoms with Gasteiger partial charge in [0.2, 0.25) is 21.8 Å². The number of sulfonamides is 1. The Bertz CT molecular complexity index is 1470. The van der Waals surface area contributed by atoms with Gasteiger partial charge >= 0.3 is 0 Å². The first-order chi connectivity index (χ1) is 20.1. The molecule has 1 fully saturated rings. The lowest BCUT2D eigenvalue weighted by Crippen LogP contribution is -2.52. The number of anilines is 1. The number of hydrogen-bond acceptors (Lipinski definition) is 4. The lowest BCUT2D eigenvalue weighted by molar-refractivity contribution is -0.141. The third-order valence-corrected chi connectivity index (χ3v) is 9.09. The van der Waals surface area contributed by atoms with Crippen LogP contribution in [0.15, 0.2) is 78.9 Å². The highest BCUT2D eigenvalue weighted by Gasteiger charge is 2.32. The van der Waals surface area contributed by atoms with E-state index < -0.39 is 21.9 Å². The average molecular weight is 614 g/mol. The summed E-state index contributed by atoms with van der Waals surface area (Å²) < 4.78 is 40.5. The van der Waals surface area contributed by atoms with Crippen LogP contribution in [-0.4, -0.2) is 50.0 Å². The summed E-state index contributed by atoms with van der Waals surface area (Å²) in [6.45, 7) is 0.0141. The molecular formula is C32H37ClFN3O4S. The highest BCUT2D eigenvalue weighted by Crippen LogP contribution is 2.25.